The number of hydrogen-bond acceptors (Lipinski definition) is 4. The van der Waals surface area contributed by atoms with Crippen LogP contribution in [0.25, 0.3) is 0 Å². The van der Waals surface area contributed by atoms with Gasteiger partial charge < -0.3 is 19.5 Å². The predicted octanol–water partition coefficient (Wildman–Crippen LogP) is 4.89. The zero-order valence-electron chi connectivity index (χ0n) is 15.7. The minimum Gasteiger partial charge on any atom is -0.493 e. The van der Waals surface area contributed by atoms with Crippen molar-refractivity contribution in [3.05, 3.63) is 54.1 Å². The highest BCUT2D eigenvalue weighted by Crippen LogP contribution is 2.27. The van der Waals surface area contributed by atoms with Crippen LogP contribution in [0, 0.1) is 5.92 Å². The zero-order valence-corrected chi connectivity index (χ0v) is 15.7. The van der Waals surface area contributed by atoms with Crippen molar-refractivity contribution in [2.45, 2.75) is 39.3 Å². The lowest BCUT2D eigenvalue weighted by molar-refractivity contribution is 0.0682. The van der Waals surface area contributed by atoms with E-state index in [0.29, 0.717) is 19.1 Å². The van der Waals surface area contributed by atoms with Gasteiger partial charge >= 0.3 is 0 Å². The Kier molecular flexibility index (Phi) is 6.78. The van der Waals surface area contributed by atoms with Crippen LogP contribution in [0.4, 0.5) is 5.69 Å². The maximum absolute atomic E-state index is 6.00. The molecule has 4 heteroatoms. The van der Waals surface area contributed by atoms with Gasteiger partial charge in [-0.1, -0.05) is 44.2 Å². The molecule has 1 N–H and O–H groups in total. The summed E-state index contributed by atoms with van der Waals surface area (Å²) in [4.78, 5) is 0. The molecular weight excluding hydrogens is 326 g/mol. The fourth-order valence-electron chi connectivity index (χ4n) is 2.93. The summed E-state index contributed by atoms with van der Waals surface area (Å²) in [6, 6.07) is 16.2. The third-order valence-corrected chi connectivity index (χ3v) is 4.35. The Labute approximate surface area is 156 Å². The summed E-state index contributed by atoms with van der Waals surface area (Å²) in [5.41, 5.74) is 2.13. The first-order valence-corrected chi connectivity index (χ1v) is 9.50. The van der Waals surface area contributed by atoms with E-state index in [0.717, 1.165) is 48.8 Å². The van der Waals surface area contributed by atoms with Crippen LogP contribution in [-0.4, -0.2) is 25.9 Å². The van der Waals surface area contributed by atoms with Crippen LogP contribution >= 0.6 is 0 Å². The number of rotatable bonds is 9. The third-order valence-electron chi connectivity index (χ3n) is 4.35. The zero-order chi connectivity index (χ0) is 18.2. The topological polar surface area (TPSA) is 39.7 Å². The highest BCUT2D eigenvalue weighted by Gasteiger charge is 2.16. The molecule has 2 aromatic carbocycles. The molecule has 0 amide bonds. The number of ether oxygens (including phenoxy) is 3. The summed E-state index contributed by atoms with van der Waals surface area (Å²) in [6.45, 7) is 7.17. The highest BCUT2D eigenvalue weighted by molar-refractivity contribution is 5.56. The molecule has 0 aromatic heterocycles. The van der Waals surface area contributed by atoms with E-state index in [9.17, 15) is 0 Å². The van der Waals surface area contributed by atoms with Crippen LogP contribution in [0.3, 0.4) is 0 Å². The molecule has 0 saturated carbocycles. The SMILES string of the molecule is CC(C)COc1ccccc1CNc1ccccc1OCC1CCCO1. The van der Waals surface area contributed by atoms with E-state index < -0.39 is 0 Å². The Hall–Kier alpha value is -2.20. The Morgan fingerprint density at radius 3 is 2.58 bits per heavy atom. The molecule has 1 saturated heterocycles. The van der Waals surface area contributed by atoms with Crippen molar-refractivity contribution in [1.82, 2.24) is 0 Å². The number of para-hydroxylation sites is 3. The van der Waals surface area contributed by atoms with Crippen molar-refractivity contribution >= 4 is 5.69 Å². The summed E-state index contributed by atoms with van der Waals surface area (Å²) in [5.74, 6) is 2.30. The van der Waals surface area contributed by atoms with Crippen molar-refractivity contribution in [2.24, 2.45) is 5.92 Å². The van der Waals surface area contributed by atoms with Gasteiger partial charge in [-0.15, -0.1) is 0 Å². The highest BCUT2D eigenvalue weighted by atomic mass is 16.5. The molecule has 140 valence electrons. The lowest BCUT2D eigenvalue weighted by atomic mass is 10.2. The fraction of sp³-hybridized carbons (Fsp3) is 0.455. The second-order valence-electron chi connectivity index (χ2n) is 7.11. The molecule has 2 aromatic rings. The predicted molar refractivity (Wildman–Crippen MR) is 105 cm³/mol. The minimum absolute atomic E-state index is 0.216. The normalized spacial score (nSPS) is 16.7. The van der Waals surface area contributed by atoms with E-state index >= 15 is 0 Å². The first kappa shape index (κ1) is 18.6. The minimum atomic E-state index is 0.216. The molecular formula is C22H29NO3. The van der Waals surface area contributed by atoms with Crippen molar-refractivity contribution in [3.63, 3.8) is 0 Å². The van der Waals surface area contributed by atoms with Crippen molar-refractivity contribution in [2.75, 3.05) is 25.1 Å². The van der Waals surface area contributed by atoms with Crippen LogP contribution < -0.4 is 14.8 Å². The standard InChI is InChI=1S/C22H29NO3/c1-17(2)15-25-21-11-5-3-8-18(21)14-23-20-10-4-6-12-22(20)26-16-19-9-7-13-24-19/h3-6,8,10-12,17,19,23H,7,9,13-16H2,1-2H3. The summed E-state index contributed by atoms with van der Waals surface area (Å²) in [6.07, 6.45) is 2.42. The number of anilines is 1. The molecule has 3 rings (SSSR count). The average Bonchev–Trinajstić information content (AvgIpc) is 3.18. The summed E-state index contributed by atoms with van der Waals surface area (Å²) < 4.78 is 17.6. The molecule has 4 nitrogen and oxygen atoms in total. The molecule has 0 bridgehead atoms. The van der Waals surface area contributed by atoms with Crippen LogP contribution in [-0.2, 0) is 11.3 Å². The van der Waals surface area contributed by atoms with Gasteiger partial charge in [-0.2, -0.15) is 0 Å². The van der Waals surface area contributed by atoms with Crippen molar-refractivity contribution < 1.29 is 14.2 Å². The van der Waals surface area contributed by atoms with Crippen LogP contribution in [0.5, 0.6) is 11.5 Å². The molecule has 1 unspecified atom stereocenters. The van der Waals surface area contributed by atoms with Gasteiger partial charge in [-0.3, -0.25) is 0 Å². The van der Waals surface area contributed by atoms with Gasteiger partial charge in [0.2, 0.25) is 0 Å². The Morgan fingerprint density at radius 2 is 1.81 bits per heavy atom. The Balaban J connectivity index is 1.61. The van der Waals surface area contributed by atoms with Gasteiger partial charge in [0.05, 0.1) is 18.4 Å². The number of nitrogens with one attached hydrogen (secondary N) is 1. The lowest BCUT2D eigenvalue weighted by Gasteiger charge is -2.17. The van der Waals surface area contributed by atoms with Crippen LogP contribution in [0.15, 0.2) is 48.5 Å². The van der Waals surface area contributed by atoms with Crippen molar-refractivity contribution in [1.29, 1.82) is 0 Å². The van der Waals surface area contributed by atoms with Gasteiger partial charge in [-0.05, 0) is 37.0 Å². The lowest BCUT2D eigenvalue weighted by Crippen LogP contribution is -2.17. The van der Waals surface area contributed by atoms with Gasteiger partial charge in [-0.25, -0.2) is 0 Å². The van der Waals surface area contributed by atoms with E-state index in [1.54, 1.807) is 0 Å². The Morgan fingerprint density at radius 1 is 1.04 bits per heavy atom. The quantitative estimate of drug-likeness (QED) is 0.695. The molecule has 1 aliphatic heterocycles. The third kappa shape index (κ3) is 5.40. The summed E-state index contributed by atoms with van der Waals surface area (Å²) in [7, 11) is 0. The molecule has 0 aliphatic carbocycles. The molecule has 0 radical (unpaired) electrons. The van der Waals surface area contributed by atoms with E-state index in [4.69, 9.17) is 14.2 Å². The molecule has 26 heavy (non-hydrogen) atoms. The molecule has 1 fully saturated rings. The fourth-order valence-corrected chi connectivity index (χ4v) is 2.93. The average molecular weight is 355 g/mol. The largest absolute Gasteiger partial charge is 0.493 e. The first-order valence-electron chi connectivity index (χ1n) is 9.50. The van der Waals surface area contributed by atoms with Gasteiger partial charge in [0, 0.05) is 18.7 Å². The summed E-state index contributed by atoms with van der Waals surface area (Å²) in [5, 5.41) is 3.49. The Bertz CT molecular complexity index is 681. The van der Waals surface area contributed by atoms with Gasteiger partial charge in [0.25, 0.3) is 0 Å². The van der Waals surface area contributed by atoms with Gasteiger partial charge in [0.1, 0.15) is 18.1 Å². The maximum atomic E-state index is 6.00. The number of benzene rings is 2. The molecule has 1 aliphatic rings. The second kappa shape index (κ2) is 9.48. The van der Waals surface area contributed by atoms with E-state index in [1.165, 1.54) is 0 Å². The maximum Gasteiger partial charge on any atom is 0.142 e. The molecule has 0 spiro atoms. The van der Waals surface area contributed by atoms with E-state index in [2.05, 4.69) is 25.2 Å². The summed E-state index contributed by atoms with van der Waals surface area (Å²) >= 11 is 0. The second-order valence-corrected chi connectivity index (χ2v) is 7.11. The van der Waals surface area contributed by atoms with E-state index in [1.807, 2.05) is 42.5 Å². The van der Waals surface area contributed by atoms with Crippen molar-refractivity contribution in [3.8, 4) is 11.5 Å². The first-order chi connectivity index (χ1) is 12.7. The number of hydrogen-bond donors (Lipinski definition) is 1. The van der Waals surface area contributed by atoms with Crippen LogP contribution in [0.1, 0.15) is 32.3 Å². The molecule has 1 atom stereocenters. The molecule has 1 heterocycles. The van der Waals surface area contributed by atoms with Gasteiger partial charge in [0.15, 0.2) is 0 Å². The monoisotopic (exact) mass is 355 g/mol. The smallest absolute Gasteiger partial charge is 0.142 e. The van der Waals surface area contributed by atoms with Crippen LogP contribution in [0.2, 0.25) is 0 Å². The van der Waals surface area contributed by atoms with E-state index in [-0.39, 0.29) is 6.10 Å².